The van der Waals surface area contributed by atoms with Gasteiger partial charge in [-0.2, -0.15) is 5.10 Å². The second-order valence-electron chi connectivity index (χ2n) is 6.39. The lowest BCUT2D eigenvalue weighted by molar-refractivity contribution is -0.119. The maximum Gasteiger partial charge on any atom is 0.414 e. The zero-order chi connectivity index (χ0) is 20.8. The number of nitrogens with one attached hydrogen (secondary N) is 1. The van der Waals surface area contributed by atoms with Crippen molar-refractivity contribution < 1.29 is 18.7 Å². The number of ether oxygens (including phenoxy) is 1. The number of cyclic esters (lactones) is 1. The van der Waals surface area contributed by atoms with Gasteiger partial charge in [0.05, 0.1) is 31.0 Å². The molecule has 1 aromatic carbocycles. The third-order valence-electron chi connectivity index (χ3n) is 4.18. The van der Waals surface area contributed by atoms with Crippen LogP contribution in [0.15, 0.2) is 53.4 Å². The summed E-state index contributed by atoms with van der Waals surface area (Å²) >= 11 is 0. The minimum atomic E-state index is -0.594. The van der Waals surface area contributed by atoms with Gasteiger partial charge in [0, 0.05) is 37.3 Å². The van der Waals surface area contributed by atoms with E-state index in [9.17, 15) is 14.0 Å². The topological polar surface area (TPSA) is 115 Å². The molecule has 0 radical (unpaired) electrons. The van der Waals surface area contributed by atoms with Crippen molar-refractivity contribution >= 4 is 29.6 Å². The Morgan fingerprint density at radius 3 is 3.00 bits per heavy atom. The second kappa shape index (κ2) is 9.00. The predicted octanol–water partition coefficient (Wildman–Crippen LogP) is 1.73. The van der Waals surface area contributed by atoms with Crippen molar-refractivity contribution in [2.75, 3.05) is 18.0 Å². The van der Waals surface area contributed by atoms with Gasteiger partial charge in [-0.25, -0.2) is 9.18 Å². The van der Waals surface area contributed by atoms with Crippen LogP contribution in [0.4, 0.5) is 20.6 Å². The standard InChI is InChI=1S/C19H21FN6O3/c1-13(27)22-10-16-12-26(19(28)29-16)15-3-4-18(17(20)7-15)23-9-14(8-21)11-25-6-2-5-24-25/h2-9,16H,10-12,21H2,1H3,(H,22,27)/b14-8+,23-9?. The predicted molar refractivity (Wildman–Crippen MR) is 105 cm³/mol. The first kappa shape index (κ1) is 20.1. The van der Waals surface area contributed by atoms with Crippen LogP contribution in [0.3, 0.4) is 0 Å². The highest BCUT2D eigenvalue weighted by Gasteiger charge is 2.32. The van der Waals surface area contributed by atoms with Crippen LogP contribution in [-0.4, -0.2) is 47.2 Å². The normalized spacial score (nSPS) is 17.0. The van der Waals surface area contributed by atoms with E-state index in [1.165, 1.54) is 36.4 Å². The van der Waals surface area contributed by atoms with Gasteiger partial charge in [0.2, 0.25) is 5.91 Å². The fraction of sp³-hybridized carbons (Fsp3) is 0.263. The largest absolute Gasteiger partial charge is 0.442 e. The molecule has 1 fully saturated rings. The first-order valence-electron chi connectivity index (χ1n) is 8.90. The highest BCUT2D eigenvalue weighted by atomic mass is 19.1. The lowest BCUT2D eigenvalue weighted by Crippen LogP contribution is -2.33. The van der Waals surface area contributed by atoms with Crippen molar-refractivity contribution in [2.24, 2.45) is 10.7 Å². The highest BCUT2D eigenvalue weighted by Crippen LogP contribution is 2.27. The Morgan fingerprint density at radius 1 is 1.52 bits per heavy atom. The first-order chi connectivity index (χ1) is 14.0. The third-order valence-corrected chi connectivity index (χ3v) is 4.18. The van der Waals surface area contributed by atoms with Gasteiger partial charge >= 0.3 is 6.09 Å². The minimum Gasteiger partial charge on any atom is -0.442 e. The van der Waals surface area contributed by atoms with E-state index in [1.54, 1.807) is 29.2 Å². The molecule has 9 nitrogen and oxygen atoms in total. The van der Waals surface area contributed by atoms with Gasteiger partial charge in [-0.3, -0.25) is 19.4 Å². The summed E-state index contributed by atoms with van der Waals surface area (Å²) in [5.41, 5.74) is 6.71. The molecule has 0 saturated carbocycles. The lowest BCUT2D eigenvalue weighted by Gasteiger charge is -2.13. The van der Waals surface area contributed by atoms with Gasteiger partial charge in [-0.1, -0.05) is 0 Å². The van der Waals surface area contributed by atoms with Gasteiger partial charge in [-0.05, 0) is 24.3 Å². The molecule has 152 valence electrons. The molecule has 29 heavy (non-hydrogen) atoms. The number of benzene rings is 1. The van der Waals surface area contributed by atoms with Crippen molar-refractivity contribution in [2.45, 2.75) is 19.6 Å². The number of nitrogens with two attached hydrogens (primary N) is 1. The molecule has 1 aromatic heterocycles. The van der Waals surface area contributed by atoms with Crippen molar-refractivity contribution in [3.8, 4) is 0 Å². The number of allylic oxidation sites excluding steroid dienone is 1. The van der Waals surface area contributed by atoms with Crippen LogP contribution in [0, 0.1) is 5.82 Å². The molecule has 0 spiro atoms. The molecule has 3 rings (SSSR count). The summed E-state index contributed by atoms with van der Waals surface area (Å²) in [5.74, 6) is -0.807. The molecule has 2 amide bonds. The van der Waals surface area contributed by atoms with E-state index < -0.39 is 18.0 Å². The van der Waals surface area contributed by atoms with Crippen LogP contribution in [0.25, 0.3) is 0 Å². The fourth-order valence-corrected chi connectivity index (χ4v) is 2.73. The summed E-state index contributed by atoms with van der Waals surface area (Å²) in [7, 11) is 0. The second-order valence-corrected chi connectivity index (χ2v) is 6.39. The minimum absolute atomic E-state index is 0.107. The highest BCUT2D eigenvalue weighted by molar-refractivity contribution is 5.90. The van der Waals surface area contributed by atoms with E-state index in [0.29, 0.717) is 17.8 Å². The third kappa shape index (κ3) is 5.18. The smallest absolute Gasteiger partial charge is 0.414 e. The van der Waals surface area contributed by atoms with E-state index in [4.69, 9.17) is 10.5 Å². The van der Waals surface area contributed by atoms with Crippen molar-refractivity contribution in [3.05, 3.63) is 54.2 Å². The van der Waals surface area contributed by atoms with E-state index in [-0.39, 0.29) is 24.7 Å². The first-order valence-corrected chi connectivity index (χ1v) is 8.90. The Labute approximate surface area is 166 Å². The molecule has 1 atom stereocenters. The summed E-state index contributed by atoms with van der Waals surface area (Å²) in [6, 6.07) is 6.05. The number of hydrogen-bond donors (Lipinski definition) is 2. The summed E-state index contributed by atoms with van der Waals surface area (Å²) in [5, 5.41) is 6.67. The number of aliphatic imine (C=N–C) groups is 1. The Balaban J connectivity index is 1.67. The molecule has 2 heterocycles. The Hall–Kier alpha value is -3.69. The number of carbonyl (C=O) groups excluding carboxylic acids is 2. The molecule has 0 bridgehead atoms. The van der Waals surface area contributed by atoms with Crippen LogP contribution >= 0.6 is 0 Å². The average Bonchev–Trinajstić information content (AvgIpc) is 3.33. The SMILES string of the molecule is CC(=O)NCC1CN(c2ccc(N=C/C(=C\N)Cn3cccn3)c(F)c2)C(=O)O1. The summed E-state index contributed by atoms with van der Waals surface area (Å²) in [6.45, 7) is 2.20. The number of amides is 2. The molecule has 1 unspecified atom stereocenters. The quantitative estimate of drug-likeness (QED) is 0.687. The molecular weight excluding hydrogens is 379 g/mol. The maximum atomic E-state index is 14.5. The molecular formula is C19H21FN6O3. The van der Waals surface area contributed by atoms with Gasteiger partial charge < -0.3 is 15.8 Å². The monoisotopic (exact) mass is 400 g/mol. The van der Waals surface area contributed by atoms with Crippen molar-refractivity contribution in [3.63, 3.8) is 0 Å². The van der Waals surface area contributed by atoms with E-state index in [0.717, 1.165) is 0 Å². The van der Waals surface area contributed by atoms with Crippen LogP contribution in [0.1, 0.15) is 6.92 Å². The van der Waals surface area contributed by atoms with E-state index in [1.807, 2.05) is 0 Å². The van der Waals surface area contributed by atoms with Crippen LogP contribution in [0.5, 0.6) is 0 Å². The Kier molecular flexibility index (Phi) is 6.22. The van der Waals surface area contributed by atoms with Gasteiger partial charge in [0.1, 0.15) is 6.10 Å². The van der Waals surface area contributed by atoms with Crippen molar-refractivity contribution in [1.82, 2.24) is 15.1 Å². The number of halogens is 1. The van der Waals surface area contributed by atoms with Gasteiger partial charge in [0.25, 0.3) is 0 Å². The fourth-order valence-electron chi connectivity index (χ4n) is 2.73. The molecule has 2 aromatic rings. The summed E-state index contributed by atoms with van der Waals surface area (Å²) < 4.78 is 21.3. The Morgan fingerprint density at radius 2 is 2.34 bits per heavy atom. The number of hydrogen-bond acceptors (Lipinski definition) is 6. The van der Waals surface area contributed by atoms with Gasteiger partial charge in [0.15, 0.2) is 5.82 Å². The average molecular weight is 400 g/mol. The summed E-state index contributed by atoms with van der Waals surface area (Å²) in [4.78, 5) is 28.5. The molecule has 10 heteroatoms. The number of rotatable bonds is 7. The molecule has 0 aliphatic carbocycles. The number of carbonyl (C=O) groups is 2. The number of nitrogens with zero attached hydrogens (tertiary/aromatic N) is 4. The maximum absolute atomic E-state index is 14.5. The van der Waals surface area contributed by atoms with Crippen LogP contribution in [0.2, 0.25) is 0 Å². The van der Waals surface area contributed by atoms with E-state index >= 15 is 0 Å². The molecule has 3 N–H and O–H groups in total. The number of aromatic nitrogens is 2. The number of anilines is 1. The van der Waals surface area contributed by atoms with E-state index in [2.05, 4.69) is 15.4 Å². The molecule has 1 aliphatic heterocycles. The van der Waals surface area contributed by atoms with Crippen LogP contribution < -0.4 is 16.0 Å². The Bertz CT molecular complexity index is 941. The zero-order valence-corrected chi connectivity index (χ0v) is 15.8. The molecule has 1 aliphatic rings. The van der Waals surface area contributed by atoms with Crippen LogP contribution in [-0.2, 0) is 16.1 Å². The zero-order valence-electron chi connectivity index (χ0n) is 15.8. The molecule has 1 saturated heterocycles. The lowest BCUT2D eigenvalue weighted by atomic mass is 10.2. The van der Waals surface area contributed by atoms with Gasteiger partial charge in [-0.15, -0.1) is 0 Å². The van der Waals surface area contributed by atoms with Crippen molar-refractivity contribution in [1.29, 1.82) is 0 Å². The summed E-state index contributed by atoms with van der Waals surface area (Å²) in [6.07, 6.45) is 5.19.